The minimum absolute atomic E-state index is 0.0503. The van der Waals surface area contributed by atoms with Crippen LogP contribution < -0.4 is 16.6 Å². The van der Waals surface area contributed by atoms with Crippen LogP contribution in [0.2, 0.25) is 0 Å². The first-order valence-electron chi connectivity index (χ1n) is 6.98. The topological polar surface area (TPSA) is 105 Å². The predicted molar refractivity (Wildman–Crippen MR) is 87.4 cm³/mol. The number of carbonyl (C=O) groups excluding carboxylic acids is 2. The molecule has 6 nitrogen and oxygen atoms in total. The van der Waals surface area contributed by atoms with E-state index in [9.17, 15) is 18.8 Å². The molecule has 0 saturated heterocycles. The van der Waals surface area contributed by atoms with Crippen molar-refractivity contribution in [1.82, 2.24) is 4.98 Å². The van der Waals surface area contributed by atoms with E-state index in [1.807, 2.05) is 0 Å². The second kappa shape index (κ2) is 5.96. The molecule has 2 amide bonds. The summed E-state index contributed by atoms with van der Waals surface area (Å²) in [6.45, 7) is 0. The van der Waals surface area contributed by atoms with Gasteiger partial charge in [-0.25, -0.2) is 4.39 Å². The Bertz CT molecular complexity index is 1030. The highest BCUT2D eigenvalue weighted by Crippen LogP contribution is 2.21. The molecule has 1 heterocycles. The zero-order chi connectivity index (χ0) is 17.3. The molecule has 0 aliphatic heterocycles. The highest BCUT2D eigenvalue weighted by atomic mass is 19.1. The van der Waals surface area contributed by atoms with E-state index in [2.05, 4.69) is 10.3 Å². The smallest absolute Gasteiger partial charge is 0.255 e. The summed E-state index contributed by atoms with van der Waals surface area (Å²) in [6, 6.07) is 9.67. The number of aromatic amines is 1. The quantitative estimate of drug-likeness (QED) is 0.686. The molecule has 3 rings (SSSR count). The van der Waals surface area contributed by atoms with Gasteiger partial charge in [0.25, 0.3) is 11.5 Å². The maximum Gasteiger partial charge on any atom is 0.255 e. The summed E-state index contributed by atoms with van der Waals surface area (Å²) < 4.78 is 13.6. The normalized spacial score (nSPS) is 10.5. The highest BCUT2D eigenvalue weighted by molar-refractivity contribution is 6.09. The van der Waals surface area contributed by atoms with Crippen molar-refractivity contribution in [3.63, 3.8) is 0 Å². The summed E-state index contributed by atoms with van der Waals surface area (Å²) in [7, 11) is 0. The number of H-pyrrole nitrogens is 1. The second-order valence-corrected chi connectivity index (χ2v) is 5.12. The summed E-state index contributed by atoms with van der Waals surface area (Å²) in [4.78, 5) is 37.9. The number of hydrogen-bond donors (Lipinski definition) is 3. The van der Waals surface area contributed by atoms with Crippen molar-refractivity contribution in [2.75, 3.05) is 5.32 Å². The molecule has 24 heavy (non-hydrogen) atoms. The van der Waals surface area contributed by atoms with Crippen LogP contribution in [0.5, 0.6) is 0 Å². The predicted octanol–water partition coefficient (Wildman–Crippen LogP) is 2.02. The van der Waals surface area contributed by atoms with E-state index in [0.717, 1.165) is 12.1 Å². The lowest BCUT2D eigenvalue weighted by molar-refractivity contribution is 0.1000. The maximum atomic E-state index is 13.6. The number of rotatable bonds is 3. The number of anilines is 1. The van der Waals surface area contributed by atoms with Crippen molar-refractivity contribution in [3.05, 3.63) is 76.0 Å². The number of aromatic nitrogens is 1. The van der Waals surface area contributed by atoms with Gasteiger partial charge in [0.05, 0.1) is 0 Å². The van der Waals surface area contributed by atoms with Gasteiger partial charge < -0.3 is 16.0 Å². The minimum atomic E-state index is -0.833. The van der Waals surface area contributed by atoms with Gasteiger partial charge in [-0.3, -0.25) is 14.4 Å². The molecule has 4 N–H and O–H groups in total. The number of nitrogens with two attached hydrogens (primary N) is 1. The third kappa shape index (κ3) is 2.87. The van der Waals surface area contributed by atoms with Gasteiger partial charge in [-0.05, 0) is 36.4 Å². The molecular weight excluding hydrogens is 313 g/mol. The van der Waals surface area contributed by atoms with Crippen LogP contribution in [-0.4, -0.2) is 16.8 Å². The first-order chi connectivity index (χ1) is 11.5. The van der Waals surface area contributed by atoms with Crippen LogP contribution in [0.1, 0.15) is 20.7 Å². The zero-order valence-electron chi connectivity index (χ0n) is 12.3. The monoisotopic (exact) mass is 325 g/mol. The van der Waals surface area contributed by atoms with Crippen molar-refractivity contribution in [2.45, 2.75) is 0 Å². The van der Waals surface area contributed by atoms with Gasteiger partial charge in [0, 0.05) is 33.8 Å². The van der Waals surface area contributed by atoms with Gasteiger partial charge >= 0.3 is 0 Å². The number of hydrogen-bond acceptors (Lipinski definition) is 3. The molecule has 0 unspecified atom stereocenters. The van der Waals surface area contributed by atoms with Crippen LogP contribution in [-0.2, 0) is 0 Å². The van der Waals surface area contributed by atoms with Crippen LogP contribution in [0.4, 0.5) is 10.1 Å². The summed E-state index contributed by atoms with van der Waals surface area (Å²) >= 11 is 0. The third-order valence-electron chi connectivity index (χ3n) is 3.51. The molecule has 0 saturated carbocycles. The van der Waals surface area contributed by atoms with Crippen LogP contribution in [0.25, 0.3) is 10.8 Å². The second-order valence-electron chi connectivity index (χ2n) is 5.12. The van der Waals surface area contributed by atoms with Crippen molar-refractivity contribution in [3.8, 4) is 0 Å². The Morgan fingerprint density at radius 2 is 1.79 bits per heavy atom. The van der Waals surface area contributed by atoms with Crippen LogP contribution in [0, 0.1) is 5.82 Å². The Morgan fingerprint density at radius 3 is 2.54 bits per heavy atom. The largest absolute Gasteiger partial charge is 0.366 e. The van der Waals surface area contributed by atoms with Gasteiger partial charge in [-0.2, -0.15) is 0 Å². The lowest BCUT2D eigenvalue weighted by atomic mass is 10.1. The maximum absolute atomic E-state index is 13.6. The SMILES string of the molecule is NC(=O)c1cc(F)cc(C(=O)Nc2cccc3c(=O)[nH]ccc23)c1. The molecule has 0 aliphatic rings. The Morgan fingerprint density at radius 1 is 1.04 bits per heavy atom. The molecule has 7 heteroatoms. The number of benzene rings is 2. The fourth-order valence-electron chi connectivity index (χ4n) is 2.39. The zero-order valence-corrected chi connectivity index (χ0v) is 12.3. The van der Waals surface area contributed by atoms with E-state index in [-0.39, 0.29) is 16.7 Å². The first-order valence-corrected chi connectivity index (χ1v) is 6.98. The van der Waals surface area contributed by atoms with Crippen LogP contribution >= 0.6 is 0 Å². The Kier molecular flexibility index (Phi) is 3.83. The molecule has 0 aliphatic carbocycles. The van der Waals surface area contributed by atoms with Gasteiger partial charge in [0.1, 0.15) is 5.82 Å². The average molecular weight is 325 g/mol. The van der Waals surface area contributed by atoms with Crippen molar-refractivity contribution < 1.29 is 14.0 Å². The summed E-state index contributed by atoms with van der Waals surface area (Å²) in [5, 5.41) is 3.56. The van der Waals surface area contributed by atoms with Gasteiger partial charge in [-0.1, -0.05) is 6.07 Å². The molecular formula is C17H12FN3O3. The van der Waals surface area contributed by atoms with E-state index < -0.39 is 17.6 Å². The number of primary amides is 1. The van der Waals surface area contributed by atoms with Gasteiger partial charge in [-0.15, -0.1) is 0 Å². The summed E-state index contributed by atoms with van der Waals surface area (Å²) in [5.74, 6) is -2.20. The number of nitrogens with one attached hydrogen (secondary N) is 2. The average Bonchev–Trinajstić information content (AvgIpc) is 2.55. The van der Waals surface area contributed by atoms with Crippen molar-refractivity contribution in [2.24, 2.45) is 5.73 Å². The Balaban J connectivity index is 2.01. The molecule has 2 aromatic carbocycles. The standard InChI is InChI=1S/C17H12FN3O3/c18-11-7-9(15(19)22)6-10(8-11)16(23)21-14-3-1-2-13-12(14)4-5-20-17(13)24/h1-8H,(H2,19,22)(H,20,24)(H,21,23). The van der Waals surface area contributed by atoms with E-state index in [1.165, 1.54) is 12.3 Å². The van der Waals surface area contributed by atoms with Crippen molar-refractivity contribution >= 4 is 28.3 Å². The van der Waals surface area contributed by atoms with E-state index in [4.69, 9.17) is 5.73 Å². The van der Waals surface area contributed by atoms with E-state index in [0.29, 0.717) is 16.5 Å². The molecule has 0 bridgehead atoms. The Labute approximate surface area is 135 Å². The molecule has 0 radical (unpaired) electrons. The molecule has 0 fully saturated rings. The summed E-state index contributed by atoms with van der Waals surface area (Å²) in [5.41, 5.74) is 5.08. The van der Waals surface area contributed by atoms with E-state index in [1.54, 1.807) is 24.3 Å². The minimum Gasteiger partial charge on any atom is -0.366 e. The van der Waals surface area contributed by atoms with Crippen molar-refractivity contribution in [1.29, 1.82) is 0 Å². The highest BCUT2D eigenvalue weighted by Gasteiger charge is 2.13. The first kappa shape index (κ1) is 15.4. The number of fused-ring (bicyclic) bond motifs is 1. The number of carbonyl (C=O) groups is 2. The van der Waals surface area contributed by atoms with Gasteiger partial charge in [0.15, 0.2) is 0 Å². The third-order valence-corrected chi connectivity index (χ3v) is 3.51. The molecule has 0 spiro atoms. The molecule has 3 aromatic rings. The Hall–Kier alpha value is -3.48. The van der Waals surface area contributed by atoms with E-state index >= 15 is 0 Å². The number of amides is 2. The lowest BCUT2D eigenvalue weighted by Crippen LogP contribution is -2.16. The van der Waals surface area contributed by atoms with Gasteiger partial charge in [0.2, 0.25) is 5.91 Å². The lowest BCUT2D eigenvalue weighted by Gasteiger charge is -2.09. The number of halogens is 1. The van der Waals surface area contributed by atoms with Crippen LogP contribution in [0.15, 0.2) is 53.5 Å². The molecule has 120 valence electrons. The fraction of sp³-hybridized carbons (Fsp3) is 0. The number of pyridine rings is 1. The fourth-order valence-corrected chi connectivity index (χ4v) is 2.39. The molecule has 0 atom stereocenters. The molecule has 1 aromatic heterocycles. The van der Waals surface area contributed by atoms with Crippen LogP contribution in [0.3, 0.4) is 0 Å². The summed E-state index contributed by atoms with van der Waals surface area (Å²) in [6.07, 6.45) is 1.47.